The Morgan fingerprint density at radius 2 is 2.27 bits per heavy atom. The number of β-amino-alcohol motifs (C(OH)–C–C–N with tert-alkyl or cyclic N) is 1. The Hall–Kier alpha value is -1.73. The van der Waals surface area contributed by atoms with E-state index in [1.165, 1.54) is 0 Å². The van der Waals surface area contributed by atoms with E-state index in [9.17, 15) is 5.11 Å². The molecule has 1 aliphatic heterocycles. The van der Waals surface area contributed by atoms with E-state index in [4.69, 9.17) is 4.52 Å². The van der Waals surface area contributed by atoms with Gasteiger partial charge in [-0.05, 0) is 40.2 Å². The van der Waals surface area contributed by atoms with Gasteiger partial charge in [0.2, 0.25) is 0 Å². The Morgan fingerprint density at radius 1 is 1.45 bits per heavy atom. The van der Waals surface area contributed by atoms with Crippen molar-refractivity contribution in [2.45, 2.75) is 51.8 Å². The summed E-state index contributed by atoms with van der Waals surface area (Å²) in [5.41, 5.74) is 0.585. The van der Waals surface area contributed by atoms with Crippen LogP contribution in [0.5, 0.6) is 0 Å². The van der Waals surface area contributed by atoms with Crippen LogP contribution in [0.15, 0.2) is 16.8 Å². The van der Waals surface area contributed by atoms with E-state index in [-0.39, 0.29) is 6.04 Å². The summed E-state index contributed by atoms with van der Waals surface area (Å²) in [7, 11) is 0. The summed E-state index contributed by atoms with van der Waals surface area (Å²) in [6, 6.07) is 2.17. The van der Waals surface area contributed by atoms with Gasteiger partial charge in [0.1, 0.15) is 11.3 Å². The summed E-state index contributed by atoms with van der Waals surface area (Å²) < 4.78 is 7.05. The summed E-state index contributed by atoms with van der Waals surface area (Å²) in [6.45, 7) is 8.11. The van der Waals surface area contributed by atoms with Gasteiger partial charge < -0.3 is 9.63 Å². The molecule has 1 fully saturated rings. The van der Waals surface area contributed by atoms with Gasteiger partial charge in [0.15, 0.2) is 5.76 Å². The molecule has 22 heavy (non-hydrogen) atoms. The Bertz CT molecular complexity index is 635. The molecule has 1 N–H and O–H groups in total. The molecule has 3 rings (SSSR count). The number of rotatable bonds is 4. The molecule has 1 atom stereocenters. The van der Waals surface area contributed by atoms with Gasteiger partial charge in [-0.25, -0.2) is 4.68 Å². The second-order valence-electron chi connectivity index (χ2n) is 6.46. The van der Waals surface area contributed by atoms with Crippen LogP contribution < -0.4 is 0 Å². The molecule has 0 spiro atoms. The quantitative estimate of drug-likeness (QED) is 0.925. The third-order valence-corrected chi connectivity index (χ3v) is 4.12. The summed E-state index contributed by atoms with van der Waals surface area (Å²) >= 11 is 0. The number of nitrogens with zero attached hydrogens (tertiary/aromatic N) is 5. The fourth-order valence-corrected chi connectivity index (χ4v) is 2.92. The minimum atomic E-state index is -0.944. The molecule has 7 heteroatoms. The van der Waals surface area contributed by atoms with Crippen LogP contribution in [0.1, 0.15) is 49.9 Å². The first-order chi connectivity index (χ1) is 10.5. The van der Waals surface area contributed by atoms with Crippen molar-refractivity contribution in [1.82, 2.24) is 25.1 Å². The molecule has 0 aromatic carbocycles. The first kappa shape index (κ1) is 15.2. The Morgan fingerprint density at radius 3 is 2.91 bits per heavy atom. The van der Waals surface area contributed by atoms with Crippen molar-refractivity contribution in [2.75, 3.05) is 13.1 Å². The molecular weight excluding hydrogens is 282 g/mol. The zero-order valence-corrected chi connectivity index (χ0v) is 13.4. The molecule has 0 bridgehead atoms. The highest BCUT2D eigenvalue weighted by Crippen LogP contribution is 2.31. The molecule has 0 radical (unpaired) electrons. The monoisotopic (exact) mass is 305 g/mol. The molecule has 7 nitrogen and oxygen atoms in total. The van der Waals surface area contributed by atoms with Crippen LogP contribution in [0.2, 0.25) is 0 Å². The van der Waals surface area contributed by atoms with E-state index in [1.54, 1.807) is 4.68 Å². The largest absolute Gasteiger partial charge is 0.382 e. The molecule has 2 aromatic rings. The minimum Gasteiger partial charge on any atom is -0.382 e. The van der Waals surface area contributed by atoms with Crippen LogP contribution in [-0.4, -0.2) is 43.2 Å². The second kappa shape index (κ2) is 5.81. The smallest absolute Gasteiger partial charge is 0.150 e. The maximum Gasteiger partial charge on any atom is 0.150 e. The highest BCUT2D eigenvalue weighted by molar-refractivity contribution is 5.11. The van der Waals surface area contributed by atoms with Crippen LogP contribution in [0.3, 0.4) is 0 Å². The average Bonchev–Trinajstić information content (AvgIpc) is 3.08. The topological polar surface area (TPSA) is 80.2 Å². The fourth-order valence-electron chi connectivity index (χ4n) is 2.92. The maximum atomic E-state index is 11.0. The van der Waals surface area contributed by atoms with Crippen LogP contribution in [0.4, 0.5) is 0 Å². The van der Waals surface area contributed by atoms with E-state index in [0.29, 0.717) is 25.2 Å². The number of hydrogen-bond donors (Lipinski definition) is 1. The van der Waals surface area contributed by atoms with E-state index in [0.717, 1.165) is 24.4 Å². The van der Waals surface area contributed by atoms with Crippen LogP contribution in [0.25, 0.3) is 0 Å². The van der Waals surface area contributed by atoms with Crippen molar-refractivity contribution in [2.24, 2.45) is 0 Å². The van der Waals surface area contributed by atoms with E-state index in [2.05, 4.69) is 20.4 Å². The zero-order chi connectivity index (χ0) is 15.7. The van der Waals surface area contributed by atoms with Gasteiger partial charge in [0, 0.05) is 18.7 Å². The van der Waals surface area contributed by atoms with Gasteiger partial charge in [-0.1, -0.05) is 10.4 Å². The van der Waals surface area contributed by atoms with Crippen molar-refractivity contribution in [3.63, 3.8) is 0 Å². The summed E-state index contributed by atoms with van der Waals surface area (Å²) in [4.78, 5) is 2.18. The van der Waals surface area contributed by atoms with Crippen LogP contribution in [-0.2, 0) is 12.1 Å². The fraction of sp³-hybridized carbons (Fsp3) is 0.667. The van der Waals surface area contributed by atoms with Gasteiger partial charge in [0.05, 0.1) is 18.4 Å². The third-order valence-electron chi connectivity index (χ3n) is 4.12. The molecular formula is C15H23N5O2. The SMILES string of the molecule is Cc1cc(CN2CCC[C@@](O)(c3cn(C(C)C)nn3)C2)on1. The lowest BCUT2D eigenvalue weighted by atomic mass is 9.90. The molecule has 1 saturated heterocycles. The number of piperidine rings is 1. The molecule has 0 unspecified atom stereocenters. The van der Waals surface area contributed by atoms with Crippen molar-refractivity contribution in [3.05, 3.63) is 29.4 Å². The zero-order valence-electron chi connectivity index (χ0n) is 13.4. The molecule has 3 heterocycles. The number of aromatic nitrogens is 4. The molecule has 0 amide bonds. The van der Waals surface area contributed by atoms with Gasteiger partial charge in [-0.15, -0.1) is 5.10 Å². The van der Waals surface area contributed by atoms with E-state index >= 15 is 0 Å². The highest BCUT2D eigenvalue weighted by atomic mass is 16.5. The number of hydrogen-bond acceptors (Lipinski definition) is 6. The van der Waals surface area contributed by atoms with E-state index in [1.807, 2.05) is 33.0 Å². The Kier molecular flexibility index (Phi) is 4.01. The molecule has 1 aliphatic rings. The Balaban J connectivity index is 1.72. The van der Waals surface area contributed by atoms with Gasteiger partial charge in [0.25, 0.3) is 0 Å². The predicted molar refractivity (Wildman–Crippen MR) is 80.1 cm³/mol. The van der Waals surface area contributed by atoms with Crippen molar-refractivity contribution < 1.29 is 9.63 Å². The summed E-state index contributed by atoms with van der Waals surface area (Å²) in [6.07, 6.45) is 3.47. The van der Waals surface area contributed by atoms with Crippen molar-refractivity contribution in [3.8, 4) is 0 Å². The van der Waals surface area contributed by atoms with Gasteiger partial charge >= 0.3 is 0 Å². The highest BCUT2D eigenvalue weighted by Gasteiger charge is 2.37. The molecule has 0 saturated carbocycles. The average molecular weight is 305 g/mol. The number of likely N-dealkylation sites (tertiary alicyclic amines) is 1. The van der Waals surface area contributed by atoms with Gasteiger partial charge in [-0.2, -0.15) is 0 Å². The van der Waals surface area contributed by atoms with Gasteiger partial charge in [-0.3, -0.25) is 4.90 Å². The molecule has 120 valence electrons. The lowest BCUT2D eigenvalue weighted by Crippen LogP contribution is -2.45. The van der Waals surface area contributed by atoms with Crippen molar-refractivity contribution >= 4 is 0 Å². The second-order valence-corrected chi connectivity index (χ2v) is 6.46. The summed E-state index contributed by atoms with van der Waals surface area (Å²) in [5.74, 6) is 0.826. The van der Waals surface area contributed by atoms with Crippen molar-refractivity contribution in [1.29, 1.82) is 0 Å². The van der Waals surface area contributed by atoms with Crippen LogP contribution >= 0.6 is 0 Å². The number of aliphatic hydroxyl groups is 1. The predicted octanol–water partition coefficient (Wildman–Crippen LogP) is 1.64. The first-order valence-electron chi connectivity index (χ1n) is 7.75. The Labute approximate surface area is 129 Å². The minimum absolute atomic E-state index is 0.238. The number of aryl methyl sites for hydroxylation is 1. The lowest BCUT2D eigenvalue weighted by molar-refractivity contribution is -0.0432. The maximum absolute atomic E-state index is 11.0. The normalized spacial score (nSPS) is 23.3. The standard InChI is InChI=1S/C15H23N5O2/c1-11(2)20-9-14(16-18-20)15(21)5-4-6-19(10-15)8-13-7-12(3)17-22-13/h7,9,11,21H,4-6,8,10H2,1-3H3/t15-/m0/s1. The van der Waals surface area contributed by atoms with E-state index < -0.39 is 5.60 Å². The molecule has 2 aromatic heterocycles. The third kappa shape index (κ3) is 3.05. The lowest BCUT2D eigenvalue weighted by Gasteiger charge is -2.37. The molecule has 0 aliphatic carbocycles. The first-order valence-corrected chi connectivity index (χ1v) is 7.75. The van der Waals surface area contributed by atoms with Crippen LogP contribution in [0, 0.1) is 6.92 Å². The summed E-state index contributed by atoms with van der Waals surface area (Å²) in [5, 5.41) is 23.2.